The van der Waals surface area contributed by atoms with Crippen LogP contribution in [0.3, 0.4) is 0 Å². The molecule has 296 valence electrons. The minimum atomic E-state index is -4.19. The molecular formula is C37H55N3O12S. The van der Waals surface area contributed by atoms with Crippen LogP contribution >= 0.6 is 0 Å². The van der Waals surface area contributed by atoms with Gasteiger partial charge in [-0.15, -0.1) is 0 Å². The summed E-state index contributed by atoms with van der Waals surface area (Å²) < 4.78 is 56.4. The first-order valence-electron chi connectivity index (χ1n) is 17.5. The SMILES string of the molecule is COc1ccc(S(=O)(=O)N(Cc2ccc(C(=O)NCCOCCOCCOCCNC(=O)CCCC(=O)O)cc2)C(C(=O)OC(C)(C)C)C(C)C)cc1. The number of aliphatic carboxylic acids is 1. The van der Waals surface area contributed by atoms with Crippen LogP contribution in [0.2, 0.25) is 0 Å². The third-order valence-corrected chi connectivity index (χ3v) is 9.29. The fraction of sp³-hybridized carbons (Fsp3) is 0.568. The van der Waals surface area contributed by atoms with Crippen molar-refractivity contribution in [1.29, 1.82) is 0 Å². The summed E-state index contributed by atoms with van der Waals surface area (Å²) in [4.78, 5) is 48.2. The summed E-state index contributed by atoms with van der Waals surface area (Å²) in [5.74, 6) is -2.07. The van der Waals surface area contributed by atoms with E-state index in [0.717, 1.165) is 4.31 Å². The quantitative estimate of drug-likeness (QED) is 0.0986. The number of hydrogen-bond donors (Lipinski definition) is 3. The van der Waals surface area contributed by atoms with E-state index in [0.29, 0.717) is 62.9 Å². The lowest BCUT2D eigenvalue weighted by atomic mass is 10.0. The van der Waals surface area contributed by atoms with Gasteiger partial charge in [-0.1, -0.05) is 26.0 Å². The average molecular weight is 766 g/mol. The van der Waals surface area contributed by atoms with E-state index in [4.69, 9.17) is 28.8 Å². The van der Waals surface area contributed by atoms with Gasteiger partial charge < -0.3 is 39.4 Å². The predicted octanol–water partition coefficient (Wildman–Crippen LogP) is 3.40. The number of nitrogens with zero attached hydrogens (tertiary/aromatic N) is 1. The molecule has 1 atom stereocenters. The van der Waals surface area contributed by atoms with E-state index in [9.17, 15) is 27.6 Å². The van der Waals surface area contributed by atoms with Crippen LogP contribution in [-0.2, 0) is 49.9 Å². The van der Waals surface area contributed by atoms with Gasteiger partial charge in [0.05, 0.1) is 51.6 Å². The number of methoxy groups -OCH3 is 1. The summed E-state index contributed by atoms with van der Waals surface area (Å²) >= 11 is 0. The van der Waals surface area contributed by atoms with E-state index >= 15 is 0 Å². The van der Waals surface area contributed by atoms with Gasteiger partial charge in [0.25, 0.3) is 5.91 Å². The molecule has 0 aliphatic rings. The molecule has 2 aromatic rings. The number of nitrogens with one attached hydrogen (secondary N) is 2. The van der Waals surface area contributed by atoms with E-state index in [1.807, 2.05) is 0 Å². The van der Waals surface area contributed by atoms with E-state index in [1.165, 1.54) is 19.2 Å². The Bertz CT molecular complexity index is 1540. The van der Waals surface area contributed by atoms with Crippen LogP contribution in [0.4, 0.5) is 0 Å². The molecule has 2 aromatic carbocycles. The first-order valence-corrected chi connectivity index (χ1v) is 19.0. The smallest absolute Gasteiger partial charge is 0.325 e. The van der Waals surface area contributed by atoms with Crippen molar-refractivity contribution in [3.05, 3.63) is 59.7 Å². The van der Waals surface area contributed by atoms with Crippen molar-refractivity contribution in [2.45, 2.75) is 77.0 Å². The Hall–Kier alpha value is -4.09. The maximum Gasteiger partial charge on any atom is 0.325 e. The van der Waals surface area contributed by atoms with Gasteiger partial charge >= 0.3 is 11.9 Å². The van der Waals surface area contributed by atoms with Crippen LogP contribution in [0.5, 0.6) is 5.75 Å². The molecule has 0 aromatic heterocycles. The zero-order valence-electron chi connectivity index (χ0n) is 31.6. The van der Waals surface area contributed by atoms with Gasteiger partial charge in [-0.2, -0.15) is 4.31 Å². The number of benzene rings is 2. The number of carbonyl (C=O) groups is 4. The molecule has 53 heavy (non-hydrogen) atoms. The maximum absolute atomic E-state index is 14.0. The van der Waals surface area contributed by atoms with Crippen LogP contribution in [0.25, 0.3) is 0 Å². The van der Waals surface area contributed by atoms with Crippen LogP contribution in [0.1, 0.15) is 69.8 Å². The molecule has 2 amide bonds. The minimum Gasteiger partial charge on any atom is -0.497 e. The highest BCUT2D eigenvalue weighted by Crippen LogP contribution is 2.28. The number of carboxylic acids is 1. The Morgan fingerprint density at radius 2 is 1.34 bits per heavy atom. The molecule has 0 fully saturated rings. The summed E-state index contributed by atoms with van der Waals surface area (Å²) in [5.41, 5.74) is 0.104. The van der Waals surface area contributed by atoms with Crippen molar-refractivity contribution < 1.29 is 56.4 Å². The highest BCUT2D eigenvalue weighted by atomic mass is 32.2. The second-order valence-electron chi connectivity index (χ2n) is 13.3. The molecule has 0 radical (unpaired) electrons. The van der Waals surface area contributed by atoms with Crippen LogP contribution in [0.15, 0.2) is 53.4 Å². The second kappa shape index (κ2) is 22.9. The lowest BCUT2D eigenvalue weighted by Gasteiger charge is -2.34. The fourth-order valence-electron chi connectivity index (χ4n) is 4.87. The Morgan fingerprint density at radius 3 is 1.85 bits per heavy atom. The lowest BCUT2D eigenvalue weighted by molar-refractivity contribution is -0.161. The molecule has 0 aliphatic heterocycles. The summed E-state index contributed by atoms with van der Waals surface area (Å²) in [5, 5.41) is 14.0. The molecule has 0 spiro atoms. The third kappa shape index (κ3) is 17.1. The summed E-state index contributed by atoms with van der Waals surface area (Å²) in [7, 11) is -2.71. The maximum atomic E-state index is 14.0. The minimum absolute atomic E-state index is 0.00490. The van der Waals surface area contributed by atoms with Crippen molar-refractivity contribution in [3.8, 4) is 5.75 Å². The van der Waals surface area contributed by atoms with Crippen LogP contribution in [0, 0.1) is 5.92 Å². The molecule has 2 rings (SSSR count). The van der Waals surface area contributed by atoms with Gasteiger partial charge in [0, 0.05) is 38.0 Å². The van der Waals surface area contributed by atoms with Gasteiger partial charge in [-0.25, -0.2) is 8.42 Å². The molecule has 0 bridgehead atoms. The number of carbonyl (C=O) groups excluding carboxylic acids is 3. The van der Waals surface area contributed by atoms with E-state index < -0.39 is 39.5 Å². The Labute approximate surface area is 312 Å². The Morgan fingerprint density at radius 1 is 0.792 bits per heavy atom. The first-order chi connectivity index (χ1) is 25.0. The van der Waals surface area contributed by atoms with Gasteiger partial charge in [0.1, 0.15) is 17.4 Å². The number of rotatable bonds is 25. The number of esters is 1. The standard InChI is InChI=1S/C37H55N3O12S/c1-27(2)34(36(45)52-37(3,4)5)40(53(46,47)31-16-14-30(48-6)15-17-31)26-28-10-12-29(13-11-28)35(44)39-19-21-50-23-25-51-24-22-49-20-18-38-32(41)8-7-9-33(42)43/h10-17,27,34H,7-9,18-26H2,1-6H3,(H,38,41)(H,39,44)(H,42,43). The van der Waals surface area contributed by atoms with Crippen molar-refractivity contribution in [2.75, 3.05) is 59.8 Å². The Kier molecular flexibility index (Phi) is 19.4. The van der Waals surface area contributed by atoms with E-state index in [-0.39, 0.29) is 49.2 Å². The van der Waals surface area contributed by atoms with Crippen molar-refractivity contribution in [1.82, 2.24) is 14.9 Å². The van der Waals surface area contributed by atoms with Crippen LogP contribution < -0.4 is 15.4 Å². The number of hydrogen-bond acceptors (Lipinski definition) is 11. The molecule has 0 saturated carbocycles. The van der Waals surface area contributed by atoms with E-state index in [2.05, 4.69) is 10.6 Å². The largest absolute Gasteiger partial charge is 0.497 e. The lowest BCUT2D eigenvalue weighted by Crippen LogP contribution is -2.49. The second-order valence-corrected chi connectivity index (χ2v) is 15.2. The third-order valence-electron chi connectivity index (χ3n) is 7.45. The summed E-state index contributed by atoms with van der Waals surface area (Å²) in [6, 6.07) is 11.3. The topological polar surface area (TPSA) is 196 Å². The fourth-order valence-corrected chi connectivity index (χ4v) is 6.57. The van der Waals surface area contributed by atoms with Crippen molar-refractivity contribution in [2.24, 2.45) is 5.92 Å². The van der Waals surface area contributed by atoms with Crippen LogP contribution in [-0.4, -0.2) is 113 Å². The molecule has 1 unspecified atom stereocenters. The molecular weight excluding hydrogens is 710 g/mol. The van der Waals surface area contributed by atoms with E-state index in [1.54, 1.807) is 71.0 Å². The number of carboxylic acid groups (broad SMARTS) is 1. The monoisotopic (exact) mass is 765 g/mol. The molecule has 16 heteroatoms. The molecule has 15 nitrogen and oxygen atoms in total. The number of amides is 2. The average Bonchev–Trinajstić information content (AvgIpc) is 3.09. The Balaban J connectivity index is 1.83. The molecule has 0 aliphatic carbocycles. The summed E-state index contributed by atoms with van der Waals surface area (Å²) in [6.45, 7) is 11.0. The van der Waals surface area contributed by atoms with Gasteiger partial charge in [-0.3, -0.25) is 19.2 Å². The molecule has 0 saturated heterocycles. The zero-order chi connectivity index (χ0) is 39.4. The summed E-state index contributed by atoms with van der Waals surface area (Å²) in [6.07, 6.45) is 0.413. The molecule has 0 heterocycles. The first kappa shape index (κ1) is 45.1. The highest BCUT2D eigenvalue weighted by molar-refractivity contribution is 7.89. The van der Waals surface area contributed by atoms with Crippen molar-refractivity contribution in [3.63, 3.8) is 0 Å². The van der Waals surface area contributed by atoms with Gasteiger partial charge in [0.15, 0.2) is 0 Å². The predicted molar refractivity (Wildman–Crippen MR) is 196 cm³/mol. The number of ether oxygens (including phenoxy) is 5. The highest BCUT2D eigenvalue weighted by Gasteiger charge is 2.40. The van der Waals surface area contributed by atoms with Gasteiger partial charge in [-0.05, 0) is 75.1 Å². The number of sulfonamides is 1. The molecule has 3 N–H and O–H groups in total. The van der Waals surface area contributed by atoms with Crippen molar-refractivity contribution >= 4 is 33.8 Å². The normalized spacial score (nSPS) is 12.4. The van der Waals surface area contributed by atoms with Gasteiger partial charge in [0.2, 0.25) is 15.9 Å². The zero-order valence-corrected chi connectivity index (χ0v) is 32.4.